The number of aryl methyl sites for hydroxylation is 2. The Balaban J connectivity index is 1.44. The van der Waals surface area contributed by atoms with Gasteiger partial charge in [-0.05, 0) is 44.9 Å². The highest BCUT2D eigenvalue weighted by Crippen LogP contribution is 2.17. The molecule has 7 heteroatoms. The molecule has 2 aromatic rings. The summed E-state index contributed by atoms with van der Waals surface area (Å²) < 4.78 is 0. The number of carbonyl (C=O) groups is 2. The average molecular weight is 385 g/mol. The molecule has 1 saturated heterocycles. The highest BCUT2D eigenvalue weighted by molar-refractivity contribution is 7.99. The quantitative estimate of drug-likeness (QED) is 0.633. The number of rotatable bonds is 5. The van der Waals surface area contributed by atoms with Crippen LogP contribution in [-0.4, -0.2) is 51.6 Å². The van der Waals surface area contributed by atoms with E-state index in [1.807, 2.05) is 43.0 Å². The van der Waals surface area contributed by atoms with Crippen LogP contribution in [0, 0.1) is 13.8 Å². The predicted molar refractivity (Wildman–Crippen MR) is 106 cm³/mol. The summed E-state index contributed by atoms with van der Waals surface area (Å²) in [5.41, 5.74) is 2.49. The summed E-state index contributed by atoms with van der Waals surface area (Å²) >= 11 is 1.38. The number of nitrogens with one attached hydrogen (secondary N) is 1. The molecule has 3 rings (SSSR count). The maximum atomic E-state index is 12.5. The van der Waals surface area contributed by atoms with Crippen molar-refractivity contribution in [1.82, 2.24) is 20.2 Å². The van der Waals surface area contributed by atoms with Gasteiger partial charge in [-0.2, -0.15) is 0 Å². The fraction of sp³-hybridized carbons (Fsp3) is 0.400. The first-order valence-electron chi connectivity index (χ1n) is 9.10. The number of piperidine rings is 1. The fourth-order valence-electron chi connectivity index (χ4n) is 3.11. The van der Waals surface area contributed by atoms with Crippen LogP contribution in [0.4, 0.5) is 0 Å². The third kappa shape index (κ3) is 5.53. The SMILES string of the molecule is Cc1cc(C)nc(SCC(=O)N2CCC(NC(=O)c3ccccc3)CC2)n1. The van der Waals surface area contributed by atoms with Crippen LogP contribution < -0.4 is 5.32 Å². The van der Waals surface area contributed by atoms with Gasteiger partial charge in [0.1, 0.15) is 0 Å². The Morgan fingerprint density at radius 1 is 1.11 bits per heavy atom. The summed E-state index contributed by atoms with van der Waals surface area (Å²) in [5.74, 6) is 0.378. The molecule has 1 N–H and O–H groups in total. The molecule has 6 nitrogen and oxygen atoms in total. The third-order valence-electron chi connectivity index (χ3n) is 4.51. The van der Waals surface area contributed by atoms with Crippen molar-refractivity contribution in [1.29, 1.82) is 0 Å². The van der Waals surface area contributed by atoms with Crippen LogP contribution in [0.3, 0.4) is 0 Å². The van der Waals surface area contributed by atoms with Gasteiger partial charge in [0.05, 0.1) is 5.75 Å². The summed E-state index contributed by atoms with van der Waals surface area (Å²) in [4.78, 5) is 35.3. The molecule has 1 aliphatic rings. The Kier molecular flexibility index (Phi) is 6.45. The number of hydrogen-bond donors (Lipinski definition) is 1. The van der Waals surface area contributed by atoms with E-state index in [1.54, 1.807) is 12.1 Å². The number of aromatic nitrogens is 2. The molecule has 0 aliphatic carbocycles. The van der Waals surface area contributed by atoms with E-state index in [2.05, 4.69) is 15.3 Å². The van der Waals surface area contributed by atoms with E-state index in [0.717, 1.165) is 24.2 Å². The van der Waals surface area contributed by atoms with E-state index in [-0.39, 0.29) is 17.9 Å². The third-order valence-corrected chi connectivity index (χ3v) is 5.34. The van der Waals surface area contributed by atoms with Gasteiger partial charge in [0.25, 0.3) is 5.91 Å². The molecule has 27 heavy (non-hydrogen) atoms. The van der Waals surface area contributed by atoms with Crippen molar-refractivity contribution < 1.29 is 9.59 Å². The largest absolute Gasteiger partial charge is 0.349 e. The molecular weight excluding hydrogens is 360 g/mol. The standard InChI is InChI=1S/C20H24N4O2S/c1-14-12-15(2)22-20(21-14)27-13-18(25)24-10-8-17(9-11-24)23-19(26)16-6-4-3-5-7-16/h3-7,12,17H,8-11,13H2,1-2H3,(H,23,26). The Morgan fingerprint density at radius 3 is 2.37 bits per heavy atom. The van der Waals surface area contributed by atoms with E-state index < -0.39 is 0 Å². The van der Waals surface area contributed by atoms with Crippen LogP contribution in [0.15, 0.2) is 41.6 Å². The predicted octanol–water partition coefficient (Wildman–Crippen LogP) is 2.61. The van der Waals surface area contributed by atoms with E-state index >= 15 is 0 Å². The van der Waals surface area contributed by atoms with Crippen LogP contribution in [0.25, 0.3) is 0 Å². The number of thioether (sulfide) groups is 1. The Hall–Kier alpha value is -2.41. The Bertz CT molecular complexity index is 785. The van der Waals surface area contributed by atoms with Crippen molar-refractivity contribution >= 4 is 23.6 Å². The van der Waals surface area contributed by atoms with Gasteiger partial charge in [-0.25, -0.2) is 9.97 Å². The smallest absolute Gasteiger partial charge is 0.251 e. The van der Waals surface area contributed by atoms with E-state index in [4.69, 9.17) is 0 Å². The zero-order valence-corrected chi connectivity index (χ0v) is 16.5. The van der Waals surface area contributed by atoms with Gasteiger partial charge in [0, 0.05) is 36.1 Å². The monoisotopic (exact) mass is 384 g/mol. The van der Waals surface area contributed by atoms with Crippen molar-refractivity contribution in [2.75, 3.05) is 18.8 Å². The van der Waals surface area contributed by atoms with Crippen LogP contribution in [0.5, 0.6) is 0 Å². The molecule has 2 amide bonds. The number of carbonyl (C=O) groups excluding carboxylic acids is 2. The lowest BCUT2D eigenvalue weighted by Crippen LogP contribution is -2.47. The number of likely N-dealkylation sites (tertiary alicyclic amines) is 1. The van der Waals surface area contributed by atoms with Crippen LogP contribution in [0.1, 0.15) is 34.6 Å². The molecule has 0 saturated carbocycles. The maximum absolute atomic E-state index is 12.5. The highest BCUT2D eigenvalue weighted by Gasteiger charge is 2.24. The molecule has 0 spiro atoms. The lowest BCUT2D eigenvalue weighted by Gasteiger charge is -2.32. The minimum Gasteiger partial charge on any atom is -0.349 e. The molecule has 1 aliphatic heterocycles. The minimum absolute atomic E-state index is 0.0529. The van der Waals surface area contributed by atoms with Crippen molar-refractivity contribution in [2.24, 2.45) is 0 Å². The van der Waals surface area contributed by atoms with Gasteiger partial charge in [-0.15, -0.1) is 0 Å². The summed E-state index contributed by atoms with van der Waals surface area (Å²) in [6, 6.07) is 11.2. The summed E-state index contributed by atoms with van der Waals surface area (Å²) in [6.45, 7) is 5.17. The van der Waals surface area contributed by atoms with Gasteiger partial charge in [0.15, 0.2) is 5.16 Å². The van der Waals surface area contributed by atoms with Gasteiger partial charge < -0.3 is 10.2 Å². The average Bonchev–Trinajstić information content (AvgIpc) is 2.66. The van der Waals surface area contributed by atoms with Gasteiger partial charge in [-0.1, -0.05) is 30.0 Å². The number of hydrogen-bond acceptors (Lipinski definition) is 5. The van der Waals surface area contributed by atoms with Crippen molar-refractivity contribution in [3.8, 4) is 0 Å². The second kappa shape index (κ2) is 8.99. The molecule has 1 aromatic heterocycles. The number of amides is 2. The second-order valence-corrected chi connectivity index (χ2v) is 7.66. The molecule has 0 unspecified atom stereocenters. The molecule has 0 radical (unpaired) electrons. The first-order chi connectivity index (χ1) is 13.0. The van der Waals surface area contributed by atoms with Gasteiger partial charge in [-0.3, -0.25) is 9.59 Å². The zero-order valence-electron chi connectivity index (χ0n) is 15.6. The molecule has 0 bridgehead atoms. The van der Waals surface area contributed by atoms with Crippen molar-refractivity contribution in [3.63, 3.8) is 0 Å². The molecule has 2 heterocycles. The summed E-state index contributed by atoms with van der Waals surface area (Å²) in [5, 5.41) is 3.71. The molecule has 142 valence electrons. The normalized spacial score (nSPS) is 14.8. The lowest BCUT2D eigenvalue weighted by molar-refractivity contribution is -0.129. The van der Waals surface area contributed by atoms with E-state index in [0.29, 0.717) is 29.6 Å². The Morgan fingerprint density at radius 2 is 1.74 bits per heavy atom. The molecule has 1 aromatic carbocycles. The summed E-state index contributed by atoms with van der Waals surface area (Å²) in [7, 11) is 0. The van der Waals surface area contributed by atoms with E-state index in [1.165, 1.54) is 11.8 Å². The van der Waals surface area contributed by atoms with Crippen LogP contribution >= 0.6 is 11.8 Å². The maximum Gasteiger partial charge on any atom is 0.251 e. The number of benzene rings is 1. The summed E-state index contributed by atoms with van der Waals surface area (Å²) in [6.07, 6.45) is 1.55. The van der Waals surface area contributed by atoms with Crippen LogP contribution in [-0.2, 0) is 4.79 Å². The molecule has 1 fully saturated rings. The first kappa shape index (κ1) is 19.4. The Labute approximate surface area is 163 Å². The second-order valence-electron chi connectivity index (χ2n) is 6.72. The molecule has 0 atom stereocenters. The van der Waals surface area contributed by atoms with Gasteiger partial charge in [0.2, 0.25) is 5.91 Å². The first-order valence-corrected chi connectivity index (χ1v) is 10.1. The lowest BCUT2D eigenvalue weighted by atomic mass is 10.0. The van der Waals surface area contributed by atoms with E-state index in [9.17, 15) is 9.59 Å². The van der Waals surface area contributed by atoms with Crippen molar-refractivity contribution in [2.45, 2.75) is 37.9 Å². The molecular formula is C20H24N4O2S. The van der Waals surface area contributed by atoms with Crippen molar-refractivity contribution in [3.05, 3.63) is 53.3 Å². The fourth-order valence-corrected chi connectivity index (χ4v) is 3.96. The highest BCUT2D eigenvalue weighted by atomic mass is 32.2. The minimum atomic E-state index is -0.0529. The van der Waals surface area contributed by atoms with Gasteiger partial charge >= 0.3 is 0 Å². The zero-order chi connectivity index (χ0) is 19.2. The van der Waals surface area contributed by atoms with Crippen LogP contribution in [0.2, 0.25) is 0 Å². The number of nitrogens with zero attached hydrogens (tertiary/aromatic N) is 3. The topological polar surface area (TPSA) is 75.2 Å².